The number of halogens is 3. The summed E-state index contributed by atoms with van der Waals surface area (Å²) in [5.74, 6) is 0. The molecule has 2 heterocycles. The molecule has 13 heavy (non-hydrogen) atoms. The Labute approximate surface area is 71.4 Å². The quantitative estimate of drug-likeness (QED) is 0.673. The molecule has 0 atom stereocenters. The van der Waals surface area contributed by atoms with Crippen molar-refractivity contribution in [2.24, 2.45) is 0 Å². The van der Waals surface area contributed by atoms with Gasteiger partial charge in [0.15, 0.2) is 0 Å². The summed E-state index contributed by atoms with van der Waals surface area (Å²) in [4.78, 5) is 6.38. The van der Waals surface area contributed by atoms with Gasteiger partial charge < -0.3 is 4.98 Å². The number of hydrogen-bond acceptors (Lipinski definition) is 1. The number of hydrogen-bond donors (Lipinski definition) is 1. The van der Waals surface area contributed by atoms with Crippen LogP contribution in [0.3, 0.4) is 0 Å². The Morgan fingerprint density at radius 2 is 2.00 bits per heavy atom. The topological polar surface area (TPSA) is 28.7 Å². The molecule has 0 aliphatic carbocycles. The lowest BCUT2D eigenvalue weighted by atomic mass is 10.2. The Morgan fingerprint density at radius 1 is 1.23 bits per heavy atom. The van der Waals surface area contributed by atoms with Gasteiger partial charge in [-0.15, -0.1) is 0 Å². The molecule has 0 amide bonds. The number of fused-ring (bicyclic) bond motifs is 1. The zero-order valence-electron chi connectivity index (χ0n) is 6.39. The molecule has 68 valence electrons. The number of nitrogens with one attached hydrogen (secondary N) is 1. The van der Waals surface area contributed by atoms with E-state index in [1.54, 1.807) is 0 Å². The van der Waals surface area contributed by atoms with Crippen molar-refractivity contribution in [3.05, 3.63) is 30.1 Å². The van der Waals surface area contributed by atoms with Crippen LogP contribution in [-0.4, -0.2) is 9.97 Å². The molecular formula is C8H5F3N2. The number of aromatic nitrogens is 2. The SMILES string of the molecule is FC(F)(F)c1ccnc2[nH]ccc12. The van der Waals surface area contributed by atoms with Crippen LogP contribution in [0.5, 0.6) is 0 Å². The van der Waals surface area contributed by atoms with Crippen molar-refractivity contribution in [1.82, 2.24) is 9.97 Å². The average Bonchev–Trinajstić information content (AvgIpc) is 2.48. The van der Waals surface area contributed by atoms with Gasteiger partial charge in [-0.25, -0.2) is 4.98 Å². The third kappa shape index (κ3) is 1.26. The van der Waals surface area contributed by atoms with Gasteiger partial charge in [-0.2, -0.15) is 13.2 Å². The van der Waals surface area contributed by atoms with Gasteiger partial charge in [0.05, 0.1) is 5.56 Å². The van der Waals surface area contributed by atoms with E-state index < -0.39 is 11.7 Å². The molecule has 2 aromatic heterocycles. The molecule has 1 N–H and O–H groups in total. The third-order valence-corrected chi connectivity index (χ3v) is 1.77. The molecule has 2 aromatic rings. The monoisotopic (exact) mass is 186 g/mol. The van der Waals surface area contributed by atoms with Gasteiger partial charge in [-0.05, 0) is 12.1 Å². The van der Waals surface area contributed by atoms with Gasteiger partial charge in [0.25, 0.3) is 0 Å². The summed E-state index contributed by atoms with van der Waals surface area (Å²) in [7, 11) is 0. The highest BCUT2D eigenvalue weighted by Gasteiger charge is 2.32. The lowest BCUT2D eigenvalue weighted by Crippen LogP contribution is -2.05. The predicted octanol–water partition coefficient (Wildman–Crippen LogP) is 2.58. The van der Waals surface area contributed by atoms with Crippen LogP contribution in [0.2, 0.25) is 0 Å². The standard InChI is InChI=1S/C8H5F3N2/c9-8(10,11)6-2-4-13-7-5(6)1-3-12-7/h1-4H,(H,12,13). The van der Waals surface area contributed by atoms with E-state index in [9.17, 15) is 13.2 Å². The van der Waals surface area contributed by atoms with E-state index in [-0.39, 0.29) is 11.0 Å². The Kier molecular flexibility index (Phi) is 1.55. The van der Waals surface area contributed by atoms with E-state index in [0.29, 0.717) is 0 Å². The Bertz CT molecular complexity index is 430. The number of pyridine rings is 1. The molecule has 0 unspecified atom stereocenters. The Balaban J connectivity index is 2.75. The van der Waals surface area contributed by atoms with Crippen molar-refractivity contribution in [2.45, 2.75) is 6.18 Å². The number of nitrogens with zero attached hydrogens (tertiary/aromatic N) is 1. The minimum Gasteiger partial charge on any atom is -0.346 e. The van der Waals surface area contributed by atoms with Crippen LogP contribution < -0.4 is 0 Å². The molecule has 0 radical (unpaired) electrons. The maximum atomic E-state index is 12.4. The molecule has 0 aliphatic heterocycles. The maximum Gasteiger partial charge on any atom is 0.417 e. The van der Waals surface area contributed by atoms with E-state index in [0.717, 1.165) is 12.3 Å². The van der Waals surface area contributed by atoms with Crippen LogP contribution in [0, 0.1) is 0 Å². The van der Waals surface area contributed by atoms with Crippen LogP contribution >= 0.6 is 0 Å². The Morgan fingerprint density at radius 3 is 2.69 bits per heavy atom. The second-order valence-corrected chi connectivity index (χ2v) is 2.60. The van der Waals surface area contributed by atoms with Gasteiger partial charge in [0, 0.05) is 17.8 Å². The zero-order chi connectivity index (χ0) is 9.47. The minimum atomic E-state index is -4.32. The smallest absolute Gasteiger partial charge is 0.346 e. The molecule has 2 rings (SSSR count). The van der Waals surface area contributed by atoms with Crippen molar-refractivity contribution in [1.29, 1.82) is 0 Å². The van der Waals surface area contributed by atoms with Crippen molar-refractivity contribution in [3.8, 4) is 0 Å². The van der Waals surface area contributed by atoms with Crippen LogP contribution in [0.25, 0.3) is 11.0 Å². The molecule has 0 aliphatic rings. The van der Waals surface area contributed by atoms with Gasteiger partial charge in [0.2, 0.25) is 0 Å². The van der Waals surface area contributed by atoms with Crippen LogP contribution in [0.15, 0.2) is 24.5 Å². The van der Waals surface area contributed by atoms with Gasteiger partial charge in [-0.3, -0.25) is 0 Å². The molecule has 0 spiro atoms. The highest BCUT2D eigenvalue weighted by Crippen LogP contribution is 2.33. The highest BCUT2D eigenvalue weighted by atomic mass is 19.4. The van der Waals surface area contributed by atoms with Crippen molar-refractivity contribution >= 4 is 11.0 Å². The molecule has 0 fully saturated rings. The lowest BCUT2D eigenvalue weighted by molar-refractivity contribution is -0.136. The average molecular weight is 186 g/mol. The van der Waals surface area contributed by atoms with Gasteiger partial charge >= 0.3 is 6.18 Å². The first-order valence-corrected chi connectivity index (χ1v) is 3.58. The molecule has 0 saturated carbocycles. The fraction of sp³-hybridized carbons (Fsp3) is 0.125. The molecule has 0 aromatic carbocycles. The van der Waals surface area contributed by atoms with Crippen LogP contribution in [-0.2, 0) is 6.18 Å². The summed E-state index contributed by atoms with van der Waals surface area (Å²) in [6, 6.07) is 2.33. The fourth-order valence-electron chi connectivity index (χ4n) is 1.21. The van der Waals surface area contributed by atoms with Crippen LogP contribution in [0.1, 0.15) is 5.56 Å². The lowest BCUT2D eigenvalue weighted by Gasteiger charge is -2.06. The first-order valence-electron chi connectivity index (χ1n) is 3.58. The molecule has 0 saturated heterocycles. The summed E-state index contributed by atoms with van der Waals surface area (Å²) in [6.07, 6.45) is -1.74. The van der Waals surface area contributed by atoms with E-state index in [2.05, 4.69) is 9.97 Å². The Hall–Kier alpha value is -1.52. The number of aromatic amines is 1. The summed E-state index contributed by atoms with van der Waals surface area (Å²) < 4.78 is 37.1. The zero-order valence-corrected chi connectivity index (χ0v) is 6.39. The van der Waals surface area contributed by atoms with E-state index in [1.807, 2.05) is 0 Å². The normalized spacial score (nSPS) is 12.2. The van der Waals surface area contributed by atoms with Crippen molar-refractivity contribution < 1.29 is 13.2 Å². The van der Waals surface area contributed by atoms with E-state index in [4.69, 9.17) is 0 Å². The highest BCUT2D eigenvalue weighted by molar-refractivity contribution is 5.79. The minimum absolute atomic E-state index is 0.106. The van der Waals surface area contributed by atoms with Gasteiger partial charge in [0.1, 0.15) is 5.65 Å². The van der Waals surface area contributed by atoms with E-state index in [1.165, 1.54) is 12.3 Å². The van der Waals surface area contributed by atoms with Crippen molar-refractivity contribution in [3.63, 3.8) is 0 Å². The van der Waals surface area contributed by atoms with Crippen LogP contribution in [0.4, 0.5) is 13.2 Å². The molecule has 2 nitrogen and oxygen atoms in total. The second-order valence-electron chi connectivity index (χ2n) is 2.60. The summed E-state index contributed by atoms with van der Waals surface area (Å²) in [5.41, 5.74) is -0.395. The second kappa shape index (κ2) is 2.48. The molecular weight excluding hydrogens is 181 g/mol. The first kappa shape index (κ1) is 8.10. The number of alkyl halides is 3. The van der Waals surface area contributed by atoms with E-state index >= 15 is 0 Å². The molecule has 5 heteroatoms. The summed E-state index contributed by atoms with van der Waals surface area (Å²) >= 11 is 0. The molecule has 0 bridgehead atoms. The first-order chi connectivity index (χ1) is 6.09. The maximum absolute atomic E-state index is 12.4. The summed E-state index contributed by atoms with van der Waals surface area (Å²) in [6.45, 7) is 0. The predicted molar refractivity (Wildman–Crippen MR) is 41.1 cm³/mol. The number of rotatable bonds is 0. The van der Waals surface area contributed by atoms with Crippen molar-refractivity contribution in [2.75, 3.05) is 0 Å². The summed E-state index contributed by atoms with van der Waals surface area (Å²) in [5, 5.41) is 0.106. The fourth-order valence-corrected chi connectivity index (χ4v) is 1.21. The third-order valence-electron chi connectivity index (χ3n) is 1.77. The number of H-pyrrole nitrogens is 1. The largest absolute Gasteiger partial charge is 0.417 e. The van der Waals surface area contributed by atoms with Gasteiger partial charge in [-0.1, -0.05) is 0 Å².